The Balaban J connectivity index is 3.86. The molecule has 2 nitrogen and oxygen atoms in total. The molecule has 0 aromatic carbocycles. The van der Waals surface area contributed by atoms with Crippen LogP contribution in [-0.4, -0.2) is 17.0 Å². The number of carbonyl (C=O) groups excluding carboxylic acids is 1. The van der Waals surface area contributed by atoms with Gasteiger partial charge in [-0.2, -0.15) is 0 Å². The Labute approximate surface area is 55.2 Å². The number of Topliss-reactive ketones (excluding diaryl/α,β-unsaturated/α-hetero) is 1. The summed E-state index contributed by atoms with van der Waals surface area (Å²) < 4.78 is 0. The SMILES string of the molecule is C=CC(O)C(C)C(C)=O. The quantitative estimate of drug-likeness (QED) is 0.570. The summed E-state index contributed by atoms with van der Waals surface area (Å²) >= 11 is 0. The second-order valence-electron chi connectivity index (χ2n) is 2.13. The summed E-state index contributed by atoms with van der Waals surface area (Å²) in [6.45, 7) is 6.49. The fraction of sp³-hybridized carbons (Fsp3) is 0.571. The fourth-order valence-corrected chi connectivity index (χ4v) is 0.445. The van der Waals surface area contributed by atoms with Crippen LogP contribution in [0.3, 0.4) is 0 Å². The minimum absolute atomic E-state index is 0.0117. The van der Waals surface area contributed by atoms with Crippen LogP contribution in [0.25, 0.3) is 0 Å². The summed E-state index contributed by atoms with van der Waals surface area (Å²) in [5, 5.41) is 8.96. The zero-order chi connectivity index (χ0) is 7.44. The van der Waals surface area contributed by atoms with Gasteiger partial charge in [-0.15, -0.1) is 6.58 Å². The zero-order valence-electron chi connectivity index (χ0n) is 5.79. The number of carbonyl (C=O) groups is 1. The number of rotatable bonds is 3. The molecule has 0 radical (unpaired) electrons. The molecular weight excluding hydrogens is 116 g/mol. The van der Waals surface area contributed by atoms with Crippen LogP contribution in [0, 0.1) is 5.92 Å². The molecule has 0 fully saturated rings. The van der Waals surface area contributed by atoms with E-state index in [0.29, 0.717) is 0 Å². The van der Waals surface area contributed by atoms with Crippen LogP contribution in [0.4, 0.5) is 0 Å². The lowest BCUT2D eigenvalue weighted by Gasteiger charge is -2.09. The highest BCUT2D eigenvalue weighted by molar-refractivity contribution is 5.78. The van der Waals surface area contributed by atoms with Gasteiger partial charge < -0.3 is 5.11 Å². The summed E-state index contributed by atoms with van der Waals surface area (Å²) in [5.41, 5.74) is 0. The Kier molecular flexibility index (Phi) is 3.17. The van der Waals surface area contributed by atoms with Gasteiger partial charge in [-0.25, -0.2) is 0 Å². The summed E-state index contributed by atoms with van der Waals surface area (Å²) in [6.07, 6.45) is 0.675. The molecule has 1 N–H and O–H groups in total. The van der Waals surface area contributed by atoms with Crippen LogP contribution in [0.2, 0.25) is 0 Å². The fourth-order valence-electron chi connectivity index (χ4n) is 0.445. The molecule has 2 atom stereocenters. The minimum atomic E-state index is -0.692. The third-order valence-electron chi connectivity index (χ3n) is 1.40. The molecule has 0 aromatic rings. The van der Waals surface area contributed by atoms with E-state index < -0.39 is 6.10 Å². The number of aliphatic hydroxyl groups is 1. The van der Waals surface area contributed by atoms with Crippen molar-refractivity contribution in [3.63, 3.8) is 0 Å². The number of aliphatic hydroxyl groups excluding tert-OH is 1. The van der Waals surface area contributed by atoms with Gasteiger partial charge in [0, 0.05) is 5.92 Å². The Morgan fingerprint density at radius 2 is 2.22 bits per heavy atom. The Hall–Kier alpha value is -0.630. The summed E-state index contributed by atoms with van der Waals surface area (Å²) in [7, 11) is 0. The van der Waals surface area contributed by atoms with Crippen molar-refractivity contribution in [1.29, 1.82) is 0 Å². The first-order chi connectivity index (χ1) is 4.09. The summed E-state index contributed by atoms with van der Waals surface area (Å²) in [6, 6.07) is 0. The largest absolute Gasteiger partial charge is 0.388 e. The van der Waals surface area contributed by atoms with E-state index in [4.69, 9.17) is 5.11 Å². The smallest absolute Gasteiger partial charge is 0.135 e. The van der Waals surface area contributed by atoms with Gasteiger partial charge in [0.2, 0.25) is 0 Å². The van der Waals surface area contributed by atoms with Crippen molar-refractivity contribution in [3.05, 3.63) is 12.7 Å². The lowest BCUT2D eigenvalue weighted by molar-refractivity contribution is -0.122. The van der Waals surface area contributed by atoms with Crippen LogP contribution in [-0.2, 0) is 4.79 Å². The molecule has 0 saturated carbocycles. The van der Waals surface area contributed by atoms with E-state index >= 15 is 0 Å². The van der Waals surface area contributed by atoms with E-state index in [1.165, 1.54) is 13.0 Å². The molecule has 52 valence electrons. The third-order valence-corrected chi connectivity index (χ3v) is 1.40. The van der Waals surface area contributed by atoms with Crippen molar-refractivity contribution in [2.45, 2.75) is 20.0 Å². The van der Waals surface area contributed by atoms with E-state index in [1.54, 1.807) is 6.92 Å². The normalized spacial score (nSPS) is 16.3. The molecule has 0 amide bonds. The molecule has 0 bridgehead atoms. The Bertz CT molecular complexity index is 118. The van der Waals surface area contributed by atoms with E-state index in [1.807, 2.05) is 0 Å². The zero-order valence-corrected chi connectivity index (χ0v) is 5.79. The standard InChI is InChI=1S/C7H12O2/c1-4-7(9)5(2)6(3)8/h4-5,7,9H,1H2,2-3H3. The monoisotopic (exact) mass is 128 g/mol. The van der Waals surface area contributed by atoms with Crippen LogP contribution in [0.5, 0.6) is 0 Å². The van der Waals surface area contributed by atoms with Gasteiger partial charge in [0.25, 0.3) is 0 Å². The first kappa shape index (κ1) is 8.37. The molecular formula is C7H12O2. The maximum atomic E-state index is 10.5. The molecule has 9 heavy (non-hydrogen) atoms. The number of hydrogen-bond donors (Lipinski definition) is 1. The topological polar surface area (TPSA) is 37.3 Å². The van der Waals surface area contributed by atoms with E-state index in [9.17, 15) is 4.79 Å². The average molecular weight is 128 g/mol. The molecule has 0 spiro atoms. The lowest BCUT2D eigenvalue weighted by Crippen LogP contribution is -2.20. The molecule has 2 unspecified atom stereocenters. The van der Waals surface area contributed by atoms with Gasteiger partial charge in [0.1, 0.15) is 5.78 Å². The van der Waals surface area contributed by atoms with E-state index in [2.05, 4.69) is 6.58 Å². The molecule has 0 saturated heterocycles. The molecule has 0 rings (SSSR count). The van der Waals surface area contributed by atoms with E-state index in [0.717, 1.165) is 0 Å². The Morgan fingerprint density at radius 3 is 2.33 bits per heavy atom. The van der Waals surface area contributed by atoms with E-state index in [-0.39, 0.29) is 11.7 Å². The van der Waals surface area contributed by atoms with Gasteiger partial charge in [-0.3, -0.25) is 4.79 Å². The van der Waals surface area contributed by atoms with Crippen molar-refractivity contribution in [1.82, 2.24) is 0 Å². The maximum Gasteiger partial charge on any atom is 0.135 e. The lowest BCUT2D eigenvalue weighted by atomic mass is 10.0. The van der Waals surface area contributed by atoms with Crippen molar-refractivity contribution < 1.29 is 9.90 Å². The first-order valence-electron chi connectivity index (χ1n) is 2.90. The van der Waals surface area contributed by atoms with Crippen molar-refractivity contribution in [2.24, 2.45) is 5.92 Å². The van der Waals surface area contributed by atoms with Crippen molar-refractivity contribution >= 4 is 5.78 Å². The Morgan fingerprint density at radius 1 is 1.78 bits per heavy atom. The number of ketones is 1. The van der Waals surface area contributed by atoms with Gasteiger partial charge in [-0.05, 0) is 6.92 Å². The van der Waals surface area contributed by atoms with Gasteiger partial charge in [0.05, 0.1) is 6.10 Å². The van der Waals surface area contributed by atoms with Gasteiger partial charge in [0.15, 0.2) is 0 Å². The van der Waals surface area contributed by atoms with Crippen LogP contribution >= 0.6 is 0 Å². The maximum absolute atomic E-state index is 10.5. The number of hydrogen-bond acceptors (Lipinski definition) is 2. The minimum Gasteiger partial charge on any atom is -0.388 e. The highest BCUT2D eigenvalue weighted by Crippen LogP contribution is 2.03. The van der Waals surface area contributed by atoms with Gasteiger partial charge >= 0.3 is 0 Å². The molecule has 0 heterocycles. The van der Waals surface area contributed by atoms with Crippen LogP contribution in [0.15, 0.2) is 12.7 Å². The summed E-state index contributed by atoms with van der Waals surface area (Å²) in [5.74, 6) is -0.329. The molecule has 0 aliphatic rings. The third kappa shape index (κ3) is 2.42. The van der Waals surface area contributed by atoms with Crippen molar-refractivity contribution in [2.75, 3.05) is 0 Å². The second-order valence-corrected chi connectivity index (χ2v) is 2.13. The average Bonchev–Trinajstić information content (AvgIpc) is 1.84. The summed E-state index contributed by atoms with van der Waals surface area (Å²) in [4.78, 5) is 10.5. The molecule has 0 aliphatic heterocycles. The van der Waals surface area contributed by atoms with Crippen molar-refractivity contribution in [3.8, 4) is 0 Å². The second kappa shape index (κ2) is 3.41. The molecule has 0 aliphatic carbocycles. The van der Waals surface area contributed by atoms with Gasteiger partial charge in [-0.1, -0.05) is 13.0 Å². The van der Waals surface area contributed by atoms with Crippen LogP contribution in [0.1, 0.15) is 13.8 Å². The predicted molar refractivity (Wildman–Crippen MR) is 36.0 cm³/mol. The first-order valence-corrected chi connectivity index (χ1v) is 2.90. The predicted octanol–water partition coefficient (Wildman–Crippen LogP) is 0.758. The molecule has 0 aromatic heterocycles. The van der Waals surface area contributed by atoms with Crippen LogP contribution < -0.4 is 0 Å². The molecule has 2 heteroatoms. The highest BCUT2D eigenvalue weighted by Gasteiger charge is 2.13. The highest BCUT2D eigenvalue weighted by atomic mass is 16.3.